The zero-order valence-corrected chi connectivity index (χ0v) is 21.3. The first-order valence-electron chi connectivity index (χ1n) is 12.5. The Balaban J connectivity index is 1.54. The molecule has 0 N–H and O–H groups in total. The average molecular weight is 501 g/mol. The Kier molecular flexibility index (Phi) is 8.45. The summed E-state index contributed by atoms with van der Waals surface area (Å²) in [6.07, 6.45) is 2.25. The van der Waals surface area contributed by atoms with Gasteiger partial charge < -0.3 is 9.64 Å². The Bertz CT molecular complexity index is 1060. The molecule has 2 aliphatic heterocycles. The number of nitrogens with zero attached hydrogens (tertiary/aromatic N) is 2. The van der Waals surface area contributed by atoms with Crippen LogP contribution in [0.15, 0.2) is 42.5 Å². The molecule has 0 bridgehead atoms. The van der Waals surface area contributed by atoms with Crippen LogP contribution in [-0.4, -0.2) is 54.5 Å². The van der Waals surface area contributed by atoms with Crippen LogP contribution in [0.5, 0.6) is 0 Å². The lowest BCUT2D eigenvalue weighted by atomic mass is 9.82. The maximum Gasteiger partial charge on any atom is 0.310 e. The van der Waals surface area contributed by atoms with Crippen molar-refractivity contribution in [2.75, 3.05) is 32.8 Å². The van der Waals surface area contributed by atoms with E-state index in [1.165, 1.54) is 6.07 Å². The van der Waals surface area contributed by atoms with E-state index >= 15 is 0 Å². The van der Waals surface area contributed by atoms with E-state index in [1.54, 1.807) is 13.8 Å². The predicted molar refractivity (Wildman–Crippen MR) is 135 cm³/mol. The molecule has 0 aliphatic carbocycles. The summed E-state index contributed by atoms with van der Waals surface area (Å²) in [5, 5.41) is 0.712. The fraction of sp³-hybridized carbons (Fsp3) is 0.500. The highest BCUT2D eigenvalue weighted by atomic mass is 35.5. The van der Waals surface area contributed by atoms with Gasteiger partial charge in [-0.2, -0.15) is 0 Å². The number of aryl methyl sites for hydroxylation is 1. The summed E-state index contributed by atoms with van der Waals surface area (Å²) in [5.74, 6) is -0.706. The third kappa shape index (κ3) is 6.22. The summed E-state index contributed by atoms with van der Waals surface area (Å²) in [7, 11) is 0. The first kappa shape index (κ1) is 25.6. The van der Waals surface area contributed by atoms with Crippen molar-refractivity contribution in [3.63, 3.8) is 0 Å². The van der Waals surface area contributed by atoms with Gasteiger partial charge in [0.2, 0.25) is 5.91 Å². The summed E-state index contributed by atoms with van der Waals surface area (Å²) in [6, 6.07) is 13.0. The van der Waals surface area contributed by atoms with Gasteiger partial charge in [0.25, 0.3) is 0 Å². The molecule has 1 amide bonds. The van der Waals surface area contributed by atoms with E-state index in [1.807, 2.05) is 41.3 Å². The summed E-state index contributed by atoms with van der Waals surface area (Å²) < 4.78 is 19.2. The van der Waals surface area contributed by atoms with E-state index in [2.05, 4.69) is 4.90 Å². The number of carbonyl (C=O) groups excluding carboxylic acids is 2. The number of esters is 1. The van der Waals surface area contributed by atoms with Crippen LogP contribution in [-0.2, 0) is 20.9 Å². The molecule has 0 radical (unpaired) electrons. The van der Waals surface area contributed by atoms with Gasteiger partial charge >= 0.3 is 5.97 Å². The molecule has 2 fully saturated rings. The number of benzene rings is 2. The first-order valence-corrected chi connectivity index (χ1v) is 12.9. The molecular formula is C28H34ClFN2O3. The Hall–Kier alpha value is -2.44. The minimum absolute atomic E-state index is 0.0895. The Morgan fingerprint density at radius 2 is 1.91 bits per heavy atom. The van der Waals surface area contributed by atoms with Gasteiger partial charge in [0, 0.05) is 37.7 Å². The van der Waals surface area contributed by atoms with Crippen LogP contribution in [0.1, 0.15) is 48.8 Å². The second kappa shape index (κ2) is 11.5. The zero-order chi connectivity index (χ0) is 24.9. The highest BCUT2D eigenvalue weighted by molar-refractivity contribution is 6.31. The largest absolute Gasteiger partial charge is 0.466 e. The second-order valence-corrected chi connectivity index (χ2v) is 10.2. The van der Waals surface area contributed by atoms with Crippen LogP contribution in [0.4, 0.5) is 4.39 Å². The summed E-state index contributed by atoms with van der Waals surface area (Å²) >= 11 is 6.44. The number of hydrogen-bond acceptors (Lipinski definition) is 4. The molecule has 2 aromatic rings. The molecule has 3 atom stereocenters. The van der Waals surface area contributed by atoms with E-state index in [9.17, 15) is 14.0 Å². The van der Waals surface area contributed by atoms with Crippen LogP contribution < -0.4 is 0 Å². The van der Waals surface area contributed by atoms with Gasteiger partial charge in [-0.1, -0.05) is 41.9 Å². The second-order valence-electron chi connectivity index (χ2n) is 9.80. The first-order chi connectivity index (χ1) is 16.9. The van der Waals surface area contributed by atoms with Gasteiger partial charge in [0.15, 0.2) is 0 Å². The lowest BCUT2D eigenvalue weighted by molar-refractivity contribution is -0.152. The van der Waals surface area contributed by atoms with Gasteiger partial charge in [-0.25, -0.2) is 4.39 Å². The summed E-state index contributed by atoms with van der Waals surface area (Å²) in [6.45, 7) is 7.04. The highest BCUT2D eigenvalue weighted by Crippen LogP contribution is 2.34. The third-order valence-electron chi connectivity index (χ3n) is 7.23. The van der Waals surface area contributed by atoms with Gasteiger partial charge in [-0.3, -0.25) is 14.5 Å². The Morgan fingerprint density at radius 1 is 1.11 bits per heavy atom. The van der Waals surface area contributed by atoms with E-state index < -0.39 is 0 Å². The van der Waals surface area contributed by atoms with Crippen molar-refractivity contribution in [1.82, 2.24) is 9.80 Å². The predicted octanol–water partition coefficient (Wildman–Crippen LogP) is 5.19. The Labute approximate surface area is 212 Å². The molecule has 2 aliphatic rings. The van der Waals surface area contributed by atoms with Crippen molar-refractivity contribution < 1.29 is 18.7 Å². The number of hydrogen-bond donors (Lipinski definition) is 0. The monoisotopic (exact) mass is 500 g/mol. The van der Waals surface area contributed by atoms with Gasteiger partial charge in [-0.15, -0.1) is 0 Å². The lowest BCUT2D eigenvalue weighted by Gasteiger charge is -2.41. The average Bonchev–Trinajstić information content (AvgIpc) is 2.86. The summed E-state index contributed by atoms with van der Waals surface area (Å²) in [4.78, 5) is 30.1. The summed E-state index contributed by atoms with van der Waals surface area (Å²) in [5.41, 5.74) is 2.69. The molecule has 0 unspecified atom stereocenters. The topological polar surface area (TPSA) is 49.9 Å². The minimum Gasteiger partial charge on any atom is -0.466 e. The number of amides is 1. The molecule has 2 heterocycles. The quantitative estimate of drug-likeness (QED) is 0.512. The standard InChI is InChI=1S/C28H34ClFN2O3/c1-3-35-28(34)22-8-6-12-32(18-22)27(33)24-14-23(20-10-11-26(30)19(2)13-20)16-31(17-24)15-21-7-4-5-9-25(21)29/h4-5,7,9-11,13,22-24H,3,6,8,12,14-18H2,1-2H3/t22-,23+,24-/m1/s1. The normalized spacial score (nSPS) is 23.2. The fourth-order valence-corrected chi connectivity index (χ4v) is 5.61. The van der Waals surface area contributed by atoms with Crippen molar-refractivity contribution >= 4 is 23.5 Å². The third-order valence-corrected chi connectivity index (χ3v) is 7.60. The number of ether oxygens (including phenoxy) is 1. The highest BCUT2D eigenvalue weighted by Gasteiger charge is 2.37. The zero-order valence-electron chi connectivity index (χ0n) is 20.5. The molecular weight excluding hydrogens is 467 g/mol. The minimum atomic E-state index is -0.258. The smallest absolute Gasteiger partial charge is 0.310 e. The molecule has 2 saturated heterocycles. The van der Waals surface area contributed by atoms with E-state index in [-0.39, 0.29) is 35.4 Å². The number of rotatable bonds is 6. The molecule has 2 aromatic carbocycles. The SMILES string of the molecule is CCOC(=O)[C@@H]1CCCN(C(=O)[C@@H]2C[C@H](c3ccc(F)c(C)c3)CN(Cc3ccccc3Cl)C2)C1. The molecule has 35 heavy (non-hydrogen) atoms. The maximum atomic E-state index is 14.0. The Morgan fingerprint density at radius 3 is 2.66 bits per heavy atom. The van der Waals surface area contributed by atoms with Crippen LogP contribution in [0.2, 0.25) is 5.02 Å². The molecule has 4 rings (SSSR count). The van der Waals surface area contributed by atoms with Crippen molar-refractivity contribution in [3.8, 4) is 0 Å². The number of likely N-dealkylation sites (tertiary alicyclic amines) is 2. The number of piperidine rings is 2. The van der Waals surface area contributed by atoms with Crippen molar-refractivity contribution in [2.45, 2.75) is 45.6 Å². The molecule has 188 valence electrons. The van der Waals surface area contributed by atoms with Crippen molar-refractivity contribution in [1.29, 1.82) is 0 Å². The lowest BCUT2D eigenvalue weighted by Crippen LogP contribution is -2.50. The van der Waals surface area contributed by atoms with Crippen molar-refractivity contribution in [2.24, 2.45) is 11.8 Å². The number of carbonyl (C=O) groups is 2. The molecule has 5 nitrogen and oxygen atoms in total. The van der Waals surface area contributed by atoms with Crippen LogP contribution in [0.25, 0.3) is 0 Å². The van der Waals surface area contributed by atoms with Gasteiger partial charge in [0.05, 0.1) is 18.4 Å². The van der Waals surface area contributed by atoms with E-state index in [0.29, 0.717) is 49.8 Å². The molecule has 0 spiro atoms. The molecule has 0 aromatic heterocycles. The van der Waals surface area contributed by atoms with E-state index in [4.69, 9.17) is 16.3 Å². The van der Waals surface area contributed by atoms with Gasteiger partial charge in [-0.05, 0) is 67.9 Å². The van der Waals surface area contributed by atoms with Crippen LogP contribution >= 0.6 is 11.6 Å². The maximum absolute atomic E-state index is 14.0. The fourth-order valence-electron chi connectivity index (χ4n) is 5.42. The van der Waals surface area contributed by atoms with Crippen LogP contribution in [0, 0.1) is 24.6 Å². The van der Waals surface area contributed by atoms with Crippen LogP contribution in [0.3, 0.4) is 0 Å². The van der Waals surface area contributed by atoms with E-state index in [0.717, 1.165) is 30.5 Å². The van der Waals surface area contributed by atoms with Gasteiger partial charge in [0.1, 0.15) is 5.82 Å². The van der Waals surface area contributed by atoms with Crippen molar-refractivity contribution in [3.05, 3.63) is 70.0 Å². The molecule has 7 heteroatoms. The molecule has 0 saturated carbocycles. The number of halogens is 2.